The third kappa shape index (κ3) is 20.2. The Balaban J connectivity index is 0.000000255. The minimum atomic E-state index is -0.0281. The third-order valence-electron chi connectivity index (χ3n) is 12.7. The van der Waals surface area contributed by atoms with Gasteiger partial charge in [0.2, 0.25) is 0 Å². The lowest BCUT2D eigenvalue weighted by molar-refractivity contribution is -0.103. The van der Waals surface area contributed by atoms with E-state index < -0.39 is 0 Å². The molecule has 0 amide bonds. The van der Waals surface area contributed by atoms with E-state index in [4.69, 9.17) is 19.6 Å². The Morgan fingerprint density at radius 2 is 0.608 bits per heavy atom. The zero-order valence-corrected chi connectivity index (χ0v) is 51.8. The summed E-state index contributed by atoms with van der Waals surface area (Å²) in [6, 6.07) is 42.9. The van der Waals surface area contributed by atoms with Gasteiger partial charge in [-0.1, -0.05) is 236 Å². The van der Waals surface area contributed by atoms with Crippen LogP contribution in [0.15, 0.2) is 121 Å². The molecular weight excluding hydrogens is 943 g/mol. The fraction of sp³-hybridized carbons (Fsp3) is 0.471. The van der Waals surface area contributed by atoms with Gasteiger partial charge in [0.25, 0.3) is 0 Å². The van der Waals surface area contributed by atoms with E-state index >= 15 is 0 Å². The van der Waals surface area contributed by atoms with Crippen LogP contribution < -0.4 is 30.2 Å². The van der Waals surface area contributed by atoms with Crippen LogP contribution in [0.25, 0.3) is 11.1 Å². The first kappa shape index (κ1) is 61.9. The fourth-order valence-corrected chi connectivity index (χ4v) is 9.04. The smallest absolute Gasteiger partial charge is 0.182 e. The van der Waals surface area contributed by atoms with Crippen LogP contribution >= 0.6 is 18.5 Å². The predicted octanol–water partition coefficient (Wildman–Crippen LogP) is 18.5. The highest BCUT2D eigenvalue weighted by Gasteiger charge is 2.25. The standard InChI is InChI=1S/2C28H42O2.C12H12P2/c1-19(2)15-21-17-23(27(5,6)7)11-13-25(21)29-30-26-14-12-24(28(8,9)10)18-22(26)16-20(3)4;1-19(2)15-21-11-13-25(23(17-21)27(5,6)7)29-30-26-14-12-22(16-20(3)4)18-24(26)28(8,9)10;13-11-5-1-9(2-6-11)10-3-7-12(14)8-4-10/h2*11-14,17-20H,15-16H2,1-10H3;1-8H,13-14H2. The van der Waals surface area contributed by atoms with Crippen LogP contribution in [-0.4, -0.2) is 0 Å². The molecule has 0 aliphatic carbocycles. The minimum absolute atomic E-state index is 0.0281. The average molecular weight is 1040 g/mol. The lowest BCUT2D eigenvalue weighted by atomic mass is 9.84. The first-order chi connectivity index (χ1) is 34.3. The zero-order valence-electron chi connectivity index (χ0n) is 49.5. The van der Waals surface area contributed by atoms with E-state index in [-0.39, 0.29) is 21.7 Å². The molecule has 0 heterocycles. The van der Waals surface area contributed by atoms with Crippen LogP contribution in [0, 0.1) is 23.7 Å². The molecule has 402 valence electrons. The summed E-state index contributed by atoms with van der Waals surface area (Å²) in [4.78, 5) is 23.8. The molecule has 74 heavy (non-hydrogen) atoms. The third-order valence-corrected chi connectivity index (χ3v) is 13.5. The molecule has 0 saturated heterocycles. The van der Waals surface area contributed by atoms with Crippen molar-refractivity contribution in [3.63, 3.8) is 0 Å². The molecule has 6 aromatic carbocycles. The molecule has 6 rings (SSSR count). The number of hydrogen-bond acceptors (Lipinski definition) is 4. The Morgan fingerprint density at radius 3 is 0.878 bits per heavy atom. The summed E-state index contributed by atoms with van der Waals surface area (Å²) in [6.07, 6.45) is 4.06. The van der Waals surface area contributed by atoms with Gasteiger partial charge in [-0.15, -0.1) is 18.5 Å². The van der Waals surface area contributed by atoms with Crippen molar-refractivity contribution in [1.29, 1.82) is 0 Å². The number of hydrogen-bond donors (Lipinski definition) is 0. The molecule has 4 nitrogen and oxygen atoms in total. The van der Waals surface area contributed by atoms with Crippen molar-refractivity contribution in [2.45, 2.75) is 186 Å². The van der Waals surface area contributed by atoms with Crippen LogP contribution in [-0.2, 0) is 47.3 Å². The molecule has 0 aromatic heterocycles. The largest absolute Gasteiger partial charge is 0.290 e. The van der Waals surface area contributed by atoms with Gasteiger partial charge < -0.3 is 0 Å². The van der Waals surface area contributed by atoms with Crippen LogP contribution in [0.1, 0.15) is 183 Å². The molecule has 0 N–H and O–H groups in total. The average Bonchev–Trinajstić information content (AvgIpc) is 3.27. The normalized spacial score (nSPS) is 12.1. The summed E-state index contributed by atoms with van der Waals surface area (Å²) in [5, 5.41) is 2.44. The Kier molecular flexibility index (Phi) is 22.5. The van der Waals surface area contributed by atoms with Crippen molar-refractivity contribution in [3.8, 4) is 34.1 Å². The topological polar surface area (TPSA) is 36.9 Å². The molecule has 6 heteroatoms. The van der Waals surface area contributed by atoms with E-state index in [1.807, 2.05) is 0 Å². The van der Waals surface area contributed by atoms with Gasteiger partial charge in [-0.25, -0.2) is 0 Å². The highest BCUT2D eigenvalue weighted by Crippen LogP contribution is 2.37. The van der Waals surface area contributed by atoms with Crippen molar-refractivity contribution in [2.24, 2.45) is 23.7 Å². The molecule has 0 bridgehead atoms. The second-order valence-corrected chi connectivity index (χ2v) is 27.6. The monoisotopic (exact) mass is 1040 g/mol. The summed E-state index contributed by atoms with van der Waals surface area (Å²) in [5.41, 5.74) is 12.8. The lowest BCUT2D eigenvalue weighted by Gasteiger charge is -2.25. The molecule has 2 atom stereocenters. The van der Waals surface area contributed by atoms with Gasteiger partial charge in [0, 0.05) is 11.1 Å². The van der Waals surface area contributed by atoms with Gasteiger partial charge >= 0.3 is 0 Å². The van der Waals surface area contributed by atoms with Crippen LogP contribution in [0.4, 0.5) is 0 Å². The van der Waals surface area contributed by atoms with E-state index in [9.17, 15) is 0 Å². The van der Waals surface area contributed by atoms with E-state index in [0.717, 1.165) is 48.7 Å². The summed E-state index contributed by atoms with van der Waals surface area (Å²) in [7, 11) is 5.39. The van der Waals surface area contributed by atoms with E-state index in [1.54, 1.807) is 0 Å². The van der Waals surface area contributed by atoms with E-state index in [2.05, 4.69) is 278 Å². The van der Waals surface area contributed by atoms with Crippen molar-refractivity contribution in [1.82, 2.24) is 0 Å². The summed E-state index contributed by atoms with van der Waals surface area (Å²) < 4.78 is 0. The number of benzene rings is 6. The summed E-state index contributed by atoms with van der Waals surface area (Å²) in [6.45, 7) is 44.7. The van der Waals surface area contributed by atoms with Crippen molar-refractivity contribution in [3.05, 3.63) is 166 Å². The molecule has 6 aromatic rings. The lowest BCUT2D eigenvalue weighted by Crippen LogP contribution is -2.18. The second kappa shape index (κ2) is 26.9. The first-order valence-corrected chi connectivity index (χ1v) is 28.4. The van der Waals surface area contributed by atoms with Gasteiger partial charge in [-0.2, -0.15) is 0 Å². The van der Waals surface area contributed by atoms with Gasteiger partial charge in [-0.3, -0.25) is 19.6 Å². The summed E-state index contributed by atoms with van der Waals surface area (Å²) >= 11 is 0. The van der Waals surface area contributed by atoms with Crippen LogP contribution in [0.3, 0.4) is 0 Å². The molecule has 0 spiro atoms. The van der Waals surface area contributed by atoms with Gasteiger partial charge in [-0.05, 0) is 150 Å². The second-order valence-electron chi connectivity index (χ2n) is 26.3. The van der Waals surface area contributed by atoms with Gasteiger partial charge in [0.15, 0.2) is 23.0 Å². The summed E-state index contributed by atoms with van der Waals surface area (Å²) in [5.74, 6) is 5.55. The first-order valence-electron chi connectivity index (χ1n) is 27.2. The molecule has 0 saturated carbocycles. The quantitative estimate of drug-likeness (QED) is 0.0583. The van der Waals surface area contributed by atoms with E-state index in [1.165, 1.54) is 66.2 Å². The Morgan fingerprint density at radius 1 is 0.324 bits per heavy atom. The maximum Gasteiger partial charge on any atom is 0.182 e. The molecule has 0 radical (unpaired) electrons. The Labute approximate surface area is 455 Å². The van der Waals surface area contributed by atoms with Crippen molar-refractivity contribution < 1.29 is 19.6 Å². The molecule has 0 aliphatic rings. The van der Waals surface area contributed by atoms with Crippen LogP contribution in [0.5, 0.6) is 23.0 Å². The Bertz CT molecular complexity index is 2480. The Hall–Kier alpha value is -4.62. The molecule has 0 fully saturated rings. The maximum absolute atomic E-state index is 5.97. The molecular formula is C68H96O4P2. The van der Waals surface area contributed by atoms with Gasteiger partial charge in [0.05, 0.1) is 0 Å². The van der Waals surface area contributed by atoms with Gasteiger partial charge in [0.1, 0.15) is 0 Å². The van der Waals surface area contributed by atoms with Crippen molar-refractivity contribution >= 4 is 29.1 Å². The fourth-order valence-electron chi connectivity index (χ4n) is 8.65. The van der Waals surface area contributed by atoms with Crippen molar-refractivity contribution in [2.75, 3.05) is 0 Å². The van der Waals surface area contributed by atoms with E-state index in [0.29, 0.717) is 23.7 Å². The minimum Gasteiger partial charge on any atom is -0.290 e. The highest BCUT2D eigenvalue weighted by molar-refractivity contribution is 7.27. The SMILES string of the molecule is CC(C)Cc1cc(C(C)(C)C)ccc1OOc1ccc(C(C)(C)C)cc1CC(C)C.CC(C)Cc1ccc(OOc2ccc(CC(C)C)cc2C(C)(C)C)c(C(C)(C)C)c1.Pc1ccc(-c2ccc(P)cc2)cc1. The molecule has 0 aliphatic heterocycles. The molecule has 2 unspecified atom stereocenters. The van der Waals surface area contributed by atoms with Crippen LogP contribution in [0.2, 0.25) is 0 Å². The highest BCUT2D eigenvalue weighted by atomic mass is 31.0. The number of rotatable bonds is 15. The zero-order chi connectivity index (χ0) is 55.3. The maximum atomic E-state index is 5.97. The predicted molar refractivity (Wildman–Crippen MR) is 328 cm³/mol.